The molecule has 1 saturated heterocycles. The number of nitrogens with two attached hydrogens (primary N) is 1. The number of anilines is 2. The largest absolute Gasteiger partial charge is 0.444 e. The SMILES string of the molecule is CC(C)[C@H](SC(=O)c1cnc(N2CCC(N3C(=O)OCc4ccccc43)CC2)c(Cl)c1)C(N)=O. The van der Waals surface area contributed by atoms with Crippen molar-refractivity contribution in [3.05, 3.63) is 52.7 Å². The van der Waals surface area contributed by atoms with Gasteiger partial charge in [0.05, 0.1) is 16.0 Å². The van der Waals surface area contributed by atoms with Gasteiger partial charge in [-0.3, -0.25) is 14.5 Å². The number of piperidine rings is 1. The number of carbonyl (C=O) groups excluding carboxylic acids is 3. The van der Waals surface area contributed by atoms with Crippen LogP contribution in [0.25, 0.3) is 0 Å². The fraction of sp³-hybridized carbons (Fsp3) is 0.417. The minimum atomic E-state index is -0.614. The highest BCUT2D eigenvalue weighted by Gasteiger charge is 2.34. The number of cyclic esters (lactones) is 1. The van der Waals surface area contributed by atoms with Crippen LogP contribution in [0.15, 0.2) is 36.5 Å². The van der Waals surface area contributed by atoms with Crippen molar-refractivity contribution in [2.75, 3.05) is 22.9 Å². The summed E-state index contributed by atoms with van der Waals surface area (Å²) in [6.07, 6.45) is 2.63. The zero-order valence-electron chi connectivity index (χ0n) is 19.1. The highest BCUT2D eigenvalue weighted by molar-refractivity contribution is 8.15. The molecule has 1 aromatic heterocycles. The summed E-state index contributed by atoms with van der Waals surface area (Å²) in [6.45, 7) is 5.29. The molecule has 0 bridgehead atoms. The number of aromatic nitrogens is 1. The zero-order chi connectivity index (χ0) is 24.4. The Morgan fingerprint density at radius 3 is 2.59 bits per heavy atom. The maximum absolute atomic E-state index is 12.6. The van der Waals surface area contributed by atoms with Gasteiger partial charge >= 0.3 is 6.09 Å². The number of carbonyl (C=O) groups is 3. The molecule has 4 rings (SSSR count). The number of hydrogen-bond acceptors (Lipinski definition) is 7. The molecule has 8 nitrogen and oxygen atoms in total. The number of amides is 2. The van der Waals surface area contributed by atoms with Crippen LogP contribution in [0.5, 0.6) is 0 Å². The smallest absolute Gasteiger partial charge is 0.414 e. The second-order valence-corrected chi connectivity index (χ2v) is 10.3. The molecule has 0 radical (unpaired) electrons. The van der Waals surface area contributed by atoms with Crippen LogP contribution in [-0.4, -0.2) is 46.5 Å². The molecule has 1 fully saturated rings. The first-order chi connectivity index (χ1) is 16.3. The maximum atomic E-state index is 12.6. The van der Waals surface area contributed by atoms with Crippen molar-refractivity contribution in [1.82, 2.24) is 4.98 Å². The van der Waals surface area contributed by atoms with Crippen LogP contribution < -0.4 is 15.5 Å². The summed E-state index contributed by atoms with van der Waals surface area (Å²) in [5, 5.41) is -0.538. The molecular weight excluding hydrogens is 476 g/mol. The minimum Gasteiger partial charge on any atom is -0.444 e. The van der Waals surface area contributed by atoms with Crippen molar-refractivity contribution in [2.45, 2.75) is 44.6 Å². The number of halogens is 1. The Hall–Kier alpha value is -2.78. The highest BCUT2D eigenvalue weighted by atomic mass is 35.5. The lowest BCUT2D eigenvalue weighted by molar-refractivity contribution is -0.118. The normalized spacial score (nSPS) is 17.4. The van der Waals surface area contributed by atoms with Crippen molar-refractivity contribution in [3.63, 3.8) is 0 Å². The number of thioether (sulfide) groups is 1. The summed E-state index contributed by atoms with van der Waals surface area (Å²) in [5.74, 6) is 0.00491. The van der Waals surface area contributed by atoms with Crippen LogP contribution in [0.4, 0.5) is 16.3 Å². The molecule has 2 aliphatic heterocycles. The molecule has 1 aromatic carbocycles. The zero-order valence-corrected chi connectivity index (χ0v) is 20.6. The predicted molar refractivity (Wildman–Crippen MR) is 133 cm³/mol. The molecule has 3 heterocycles. The van der Waals surface area contributed by atoms with E-state index in [1.165, 1.54) is 6.20 Å². The van der Waals surface area contributed by atoms with E-state index < -0.39 is 11.2 Å². The topological polar surface area (TPSA) is 106 Å². The van der Waals surface area contributed by atoms with E-state index in [9.17, 15) is 14.4 Å². The van der Waals surface area contributed by atoms with Gasteiger partial charge in [-0.2, -0.15) is 0 Å². The van der Waals surface area contributed by atoms with Crippen LogP contribution in [0.1, 0.15) is 42.6 Å². The summed E-state index contributed by atoms with van der Waals surface area (Å²) in [6, 6.07) is 9.40. The lowest BCUT2D eigenvalue weighted by Crippen LogP contribution is -2.49. The van der Waals surface area contributed by atoms with E-state index in [1.807, 2.05) is 38.1 Å². The van der Waals surface area contributed by atoms with E-state index in [0.717, 1.165) is 35.9 Å². The van der Waals surface area contributed by atoms with Crippen LogP contribution >= 0.6 is 23.4 Å². The summed E-state index contributed by atoms with van der Waals surface area (Å²) in [5.41, 5.74) is 7.66. The highest BCUT2D eigenvalue weighted by Crippen LogP contribution is 2.34. The van der Waals surface area contributed by atoms with E-state index in [-0.39, 0.29) is 23.2 Å². The van der Waals surface area contributed by atoms with Crippen LogP contribution in [-0.2, 0) is 16.1 Å². The number of hydrogen-bond donors (Lipinski definition) is 1. The molecule has 2 N–H and O–H groups in total. The Morgan fingerprint density at radius 1 is 1.24 bits per heavy atom. The van der Waals surface area contributed by atoms with Gasteiger partial charge in [0, 0.05) is 36.5 Å². The van der Waals surface area contributed by atoms with Crippen LogP contribution in [0.2, 0.25) is 5.02 Å². The van der Waals surface area contributed by atoms with Gasteiger partial charge in [0.2, 0.25) is 11.0 Å². The average Bonchev–Trinajstić information content (AvgIpc) is 2.82. The molecule has 2 amide bonds. The number of ether oxygens (including phenoxy) is 1. The van der Waals surface area contributed by atoms with E-state index in [0.29, 0.717) is 36.1 Å². The van der Waals surface area contributed by atoms with Gasteiger partial charge in [-0.1, -0.05) is 55.4 Å². The average molecular weight is 503 g/mol. The first kappa shape index (κ1) is 24.3. The second-order valence-electron chi connectivity index (χ2n) is 8.77. The van der Waals surface area contributed by atoms with Crippen molar-refractivity contribution in [1.29, 1.82) is 0 Å². The summed E-state index contributed by atoms with van der Waals surface area (Å²) in [7, 11) is 0. The quantitative estimate of drug-likeness (QED) is 0.629. The first-order valence-corrected chi connectivity index (χ1v) is 12.5. The summed E-state index contributed by atoms with van der Waals surface area (Å²) >= 11 is 7.40. The van der Waals surface area contributed by atoms with Gasteiger partial charge in [0.15, 0.2) is 0 Å². The summed E-state index contributed by atoms with van der Waals surface area (Å²) in [4.78, 5) is 45.1. The molecule has 0 saturated carbocycles. The molecule has 1 atom stereocenters. The molecule has 0 aliphatic carbocycles. The maximum Gasteiger partial charge on any atom is 0.414 e. The third-order valence-corrected chi connectivity index (χ3v) is 7.86. The number of para-hydroxylation sites is 1. The number of nitrogens with zero attached hydrogens (tertiary/aromatic N) is 3. The molecule has 0 spiro atoms. The molecular formula is C24H27ClN4O4S. The van der Waals surface area contributed by atoms with E-state index in [2.05, 4.69) is 9.88 Å². The van der Waals surface area contributed by atoms with E-state index >= 15 is 0 Å². The molecule has 180 valence electrons. The first-order valence-electron chi connectivity index (χ1n) is 11.2. The van der Waals surface area contributed by atoms with Crippen LogP contribution in [0.3, 0.4) is 0 Å². The Bertz CT molecular complexity index is 1100. The molecule has 2 aliphatic rings. The molecule has 0 unspecified atom stereocenters. The monoisotopic (exact) mass is 502 g/mol. The van der Waals surface area contributed by atoms with Gasteiger partial charge in [-0.15, -0.1) is 0 Å². The number of rotatable bonds is 6. The number of fused-ring (bicyclic) bond motifs is 1. The fourth-order valence-electron chi connectivity index (χ4n) is 4.34. The second kappa shape index (κ2) is 10.2. The Balaban J connectivity index is 1.43. The fourth-order valence-corrected chi connectivity index (χ4v) is 5.49. The van der Waals surface area contributed by atoms with Gasteiger partial charge < -0.3 is 15.4 Å². The number of pyridine rings is 1. The van der Waals surface area contributed by atoms with E-state index in [4.69, 9.17) is 22.1 Å². The van der Waals surface area contributed by atoms with Gasteiger partial charge in [0.1, 0.15) is 12.4 Å². The standard InChI is InChI=1S/C24H27ClN4O4S/c1-14(2)20(21(26)30)34-23(31)16-11-18(25)22(27-12-16)28-9-7-17(8-10-28)29-19-6-4-3-5-15(19)13-33-24(29)32/h3-6,11-12,14,17,20H,7-10,13H2,1-2H3,(H2,26,30)/t20-/m0/s1. The summed E-state index contributed by atoms with van der Waals surface area (Å²) < 4.78 is 5.37. The van der Waals surface area contributed by atoms with Crippen LogP contribution in [0, 0.1) is 5.92 Å². The van der Waals surface area contributed by atoms with E-state index in [1.54, 1.807) is 11.0 Å². The van der Waals surface area contributed by atoms with Crippen molar-refractivity contribution < 1.29 is 19.1 Å². The predicted octanol–water partition coefficient (Wildman–Crippen LogP) is 4.24. The third-order valence-electron chi connectivity index (χ3n) is 6.11. The van der Waals surface area contributed by atoms with Gasteiger partial charge in [0.25, 0.3) is 0 Å². The Kier molecular flexibility index (Phi) is 7.33. The molecule has 10 heteroatoms. The minimum absolute atomic E-state index is 0.0167. The van der Waals surface area contributed by atoms with Crippen molar-refractivity contribution >= 4 is 52.0 Å². The Morgan fingerprint density at radius 2 is 1.94 bits per heavy atom. The van der Waals surface area contributed by atoms with Crippen molar-refractivity contribution in [3.8, 4) is 0 Å². The Labute approximate surface area is 207 Å². The van der Waals surface area contributed by atoms with Crippen molar-refractivity contribution in [2.24, 2.45) is 11.7 Å². The third kappa shape index (κ3) is 5.00. The lowest BCUT2D eigenvalue weighted by atomic mass is 10.0. The lowest BCUT2D eigenvalue weighted by Gasteiger charge is -2.40. The molecule has 2 aromatic rings. The van der Waals surface area contributed by atoms with Gasteiger partial charge in [-0.05, 0) is 30.9 Å². The molecule has 34 heavy (non-hydrogen) atoms. The van der Waals surface area contributed by atoms with Gasteiger partial charge in [-0.25, -0.2) is 9.78 Å². The number of primary amides is 1. The number of benzene rings is 1.